The van der Waals surface area contributed by atoms with Crippen LogP contribution in [0.5, 0.6) is 0 Å². The van der Waals surface area contributed by atoms with Gasteiger partial charge in [0.2, 0.25) is 0 Å². The van der Waals surface area contributed by atoms with E-state index in [4.69, 9.17) is 17.3 Å². The van der Waals surface area contributed by atoms with Crippen molar-refractivity contribution in [3.63, 3.8) is 0 Å². The minimum atomic E-state index is -0.506. The van der Waals surface area contributed by atoms with Crippen LogP contribution >= 0.6 is 11.6 Å². The molecular formula is C14H17ClN4O2. The number of H-pyrrole nitrogens is 1. The Labute approximate surface area is 127 Å². The molecule has 21 heavy (non-hydrogen) atoms. The molecule has 0 aliphatic carbocycles. The van der Waals surface area contributed by atoms with Gasteiger partial charge in [0.15, 0.2) is 0 Å². The van der Waals surface area contributed by atoms with Gasteiger partial charge in [0, 0.05) is 11.6 Å². The van der Waals surface area contributed by atoms with Gasteiger partial charge in [-0.2, -0.15) is 0 Å². The van der Waals surface area contributed by atoms with Gasteiger partial charge in [-0.15, -0.1) is 0 Å². The summed E-state index contributed by atoms with van der Waals surface area (Å²) in [5.41, 5.74) is 7.28. The number of nitro benzene ring substituents is 1. The Bertz CT molecular complexity index is 654. The van der Waals surface area contributed by atoms with E-state index < -0.39 is 4.92 Å². The highest BCUT2D eigenvalue weighted by atomic mass is 35.5. The second kappa shape index (κ2) is 6.24. The van der Waals surface area contributed by atoms with Crippen molar-refractivity contribution in [2.24, 2.45) is 11.7 Å². The summed E-state index contributed by atoms with van der Waals surface area (Å²) in [4.78, 5) is 17.8. The molecule has 112 valence electrons. The molecule has 0 aliphatic rings. The third-order valence-electron chi connectivity index (χ3n) is 3.13. The van der Waals surface area contributed by atoms with Gasteiger partial charge in [0.05, 0.1) is 22.9 Å². The van der Waals surface area contributed by atoms with Gasteiger partial charge >= 0.3 is 0 Å². The predicted molar refractivity (Wildman–Crippen MR) is 82.1 cm³/mol. The van der Waals surface area contributed by atoms with E-state index in [-0.39, 0.29) is 16.8 Å². The van der Waals surface area contributed by atoms with Crippen molar-refractivity contribution in [3.05, 3.63) is 45.4 Å². The minimum absolute atomic E-state index is 0.111. The third-order valence-corrected chi connectivity index (χ3v) is 3.45. The van der Waals surface area contributed by atoms with Gasteiger partial charge in [-0.25, -0.2) is 4.98 Å². The van der Waals surface area contributed by atoms with E-state index in [1.165, 1.54) is 12.1 Å². The highest BCUT2D eigenvalue weighted by molar-refractivity contribution is 6.32. The SMILES string of the molecule is CC(C)CC(N)c1ncc(-c2ccc(Cl)c([N+](=O)[O-])c2)[nH]1. The van der Waals surface area contributed by atoms with Gasteiger partial charge in [0.1, 0.15) is 10.8 Å². The zero-order chi connectivity index (χ0) is 15.6. The van der Waals surface area contributed by atoms with Crippen molar-refractivity contribution < 1.29 is 4.92 Å². The zero-order valence-corrected chi connectivity index (χ0v) is 12.6. The van der Waals surface area contributed by atoms with Crippen LogP contribution in [-0.4, -0.2) is 14.9 Å². The lowest BCUT2D eigenvalue weighted by atomic mass is 10.0. The van der Waals surface area contributed by atoms with E-state index in [2.05, 4.69) is 23.8 Å². The molecule has 0 radical (unpaired) electrons. The van der Waals surface area contributed by atoms with E-state index in [9.17, 15) is 10.1 Å². The second-order valence-electron chi connectivity index (χ2n) is 5.34. The lowest BCUT2D eigenvalue weighted by Crippen LogP contribution is -2.14. The van der Waals surface area contributed by atoms with Crippen molar-refractivity contribution in [3.8, 4) is 11.3 Å². The van der Waals surface area contributed by atoms with Crippen LogP contribution < -0.4 is 5.73 Å². The number of aromatic amines is 1. The molecule has 0 saturated heterocycles. The van der Waals surface area contributed by atoms with Crippen LogP contribution in [0.15, 0.2) is 24.4 Å². The molecule has 0 bridgehead atoms. The molecule has 7 heteroatoms. The summed E-state index contributed by atoms with van der Waals surface area (Å²) in [5.74, 6) is 1.14. The molecule has 0 saturated carbocycles. The minimum Gasteiger partial charge on any atom is -0.341 e. The molecule has 0 amide bonds. The molecule has 1 atom stereocenters. The molecule has 1 aromatic carbocycles. The number of hydrogen-bond acceptors (Lipinski definition) is 4. The summed E-state index contributed by atoms with van der Waals surface area (Å²) in [6.45, 7) is 4.18. The van der Waals surface area contributed by atoms with E-state index in [1.807, 2.05) is 0 Å². The smallest absolute Gasteiger partial charge is 0.288 e. The largest absolute Gasteiger partial charge is 0.341 e. The third kappa shape index (κ3) is 3.59. The highest BCUT2D eigenvalue weighted by Gasteiger charge is 2.16. The van der Waals surface area contributed by atoms with Crippen molar-refractivity contribution in [1.29, 1.82) is 0 Å². The average molecular weight is 309 g/mol. The van der Waals surface area contributed by atoms with Crippen LogP contribution in [0, 0.1) is 16.0 Å². The first-order valence-corrected chi connectivity index (χ1v) is 7.01. The van der Waals surface area contributed by atoms with E-state index in [0.717, 1.165) is 6.42 Å². The monoisotopic (exact) mass is 308 g/mol. The summed E-state index contributed by atoms with van der Waals surface area (Å²) in [6, 6.07) is 4.46. The summed E-state index contributed by atoms with van der Waals surface area (Å²) < 4.78 is 0. The first-order chi connectivity index (χ1) is 9.88. The number of hydrogen-bond donors (Lipinski definition) is 2. The molecule has 3 N–H and O–H groups in total. The van der Waals surface area contributed by atoms with Crippen LogP contribution in [0.25, 0.3) is 11.3 Å². The Morgan fingerprint density at radius 2 is 2.19 bits per heavy atom. The number of nitro groups is 1. The molecule has 1 aromatic heterocycles. The number of halogens is 1. The van der Waals surface area contributed by atoms with Crippen LogP contribution in [0.2, 0.25) is 5.02 Å². The number of nitrogens with one attached hydrogen (secondary N) is 1. The fraction of sp³-hybridized carbons (Fsp3) is 0.357. The molecule has 2 rings (SSSR count). The Hall–Kier alpha value is -1.92. The maximum absolute atomic E-state index is 10.9. The first-order valence-electron chi connectivity index (χ1n) is 6.63. The second-order valence-corrected chi connectivity index (χ2v) is 5.75. The Balaban J connectivity index is 2.29. The van der Waals surface area contributed by atoms with Crippen LogP contribution in [0.4, 0.5) is 5.69 Å². The summed E-state index contributed by atoms with van der Waals surface area (Å²) >= 11 is 5.80. The lowest BCUT2D eigenvalue weighted by molar-refractivity contribution is -0.384. The van der Waals surface area contributed by atoms with Gasteiger partial charge in [0.25, 0.3) is 5.69 Å². The lowest BCUT2D eigenvalue weighted by Gasteiger charge is -2.11. The van der Waals surface area contributed by atoms with E-state index >= 15 is 0 Å². The summed E-state index contributed by atoms with van der Waals surface area (Å²) in [5, 5.41) is 11.0. The number of imidazole rings is 1. The van der Waals surface area contributed by atoms with Crippen molar-refractivity contribution in [1.82, 2.24) is 9.97 Å². The predicted octanol–water partition coefficient (Wildman–Crippen LogP) is 3.68. The van der Waals surface area contributed by atoms with E-state index in [0.29, 0.717) is 23.0 Å². The standard InChI is InChI=1S/C14H17ClN4O2/c1-8(2)5-11(16)14-17-7-12(18-14)9-3-4-10(15)13(6-9)19(20)21/h3-4,6-8,11H,5,16H2,1-2H3,(H,17,18). The molecule has 2 aromatic rings. The molecule has 6 nitrogen and oxygen atoms in total. The zero-order valence-electron chi connectivity index (χ0n) is 11.8. The normalized spacial score (nSPS) is 12.6. The maximum atomic E-state index is 10.9. The molecule has 0 aliphatic heterocycles. The quantitative estimate of drug-likeness (QED) is 0.650. The Morgan fingerprint density at radius 3 is 2.81 bits per heavy atom. The average Bonchev–Trinajstić information content (AvgIpc) is 2.87. The van der Waals surface area contributed by atoms with Crippen LogP contribution in [0.1, 0.15) is 32.1 Å². The molecule has 1 heterocycles. The number of rotatable bonds is 5. The van der Waals surface area contributed by atoms with Gasteiger partial charge < -0.3 is 10.7 Å². The Morgan fingerprint density at radius 1 is 1.48 bits per heavy atom. The molecule has 0 spiro atoms. The van der Waals surface area contributed by atoms with Gasteiger partial charge in [-0.05, 0) is 18.4 Å². The van der Waals surface area contributed by atoms with Crippen LogP contribution in [0.3, 0.4) is 0 Å². The summed E-state index contributed by atoms with van der Waals surface area (Å²) in [7, 11) is 0. The first kappa shape index (κ1) is 15.5. The fourth-order valence-electron chi connectivity index (χ4n) is 2.11. The fourth-order valence-corrected chi connectivity index (χ4v) is 2.30. The number of aromatic nitrogens is 2. The summed E-state index contributed by atoms with van der Waals surface area (Å²) in [6.07, 6.45) is 2.44. The molecule has 0 fully saturated rings. The van der Waals surface area contributed by atoms with Gasteiger partial charge in [-0.3, -0.25) is 10.1 Å². The van der Waals surface area contributed by atoms with Crippen molar-refractivity contribution >= 4 is 17.3 Å². The van der Waals surface area contributed by atoms with Gasteiger partial charge in [-0.1, -0.05) is 31.5 Å². The highest BCUT2D eigenvalue weighted by Crippen LogP contribution is 2.30. The van der Waals surface area contributed by atoms with E-state index in [1.54, 1.807) is 12.3 Å². The van der Waals surface area contributed by atoms with Crippen LogP contribution in [-0.2, 0) is 0 Å². The maximum Gasteiger partial charge on any atom is 0.288 e. The Kier molecular flexibility index (Phi) is 4.59. The molecular weight excluding hydrogens is 292 g/mol. The number of nitrogens with zero attached hydrogens (tertiary/aromatic N) is 2. The number of benzene rings is 1. The number of nitrogens with two attached hydrogens (primary N) is 1. The molecule has 1 unspecified atom stereocenters. The van der Waals surface area contributed by atoms with Crippen molar-refractivity contribution in [2.45, 2.75) is 26.3 Å². The topological polar surface area (TPSA) is 97.8 Å². The van der Waals surface area contributed by atoms with Crippen molar-refractivity contribution in [2.75, 3.05) is 0 Å².